The van der Waals surface area contributed by atoms with Gasteiger partial charge in [0.2, 0.25) is 23.6 Å². The quantitative estimate of drug-likeness (QED) is 0.145. The van der Waals surface area contributed by atoms with Crippen LogP contribution < -0.4 is 24.2 Å². The second kappa shape index (κ2) is 12.4. The number of para-hydroxylation sites is 1. The van der Waals surface area contributed by atoms with Crippen LogP contribution >= 0.6 is 0 Å². The number of phenolic OH excluding ortho intramolecular Hbond substituents is 1. The summed E-state index contributed by atoms with van der Waals surface area (Å²) in [6.45, 7) is 1.69. The molecular formula is C37H35N5O11. The highest BCUT2D eigenvalue weighted by molar-refractivity contribution is 6.25. The molecule has 4 amide bonds. The van der Waals surface area contributed by atoms with E-state index < -0.39 is 79.9 Å². The van der Waals surface area contributed by atoms with E-state index in [-0.39, 0.29) is 41.5 Å². The summed E-state index contributed by atoms with van der Waals surface area (Å²) in [5.41, 5.74) is -2.08. The Morgan fingerprint density at radius 1 is 0.830 bits per heavy atom. The summed E-state index contributed by atoms with van der Waals surface area (Å²) in [5, 5.41) is 34.8. The smallest absolute Gasteiger partial charge is 0.301 e. The van der Waals surface area contributed by atoms with Crippen LogP contribution in [0, 0.1) is 49.3 Å². The molecule has 6 atom stereocenters. The molecule has 0 unspecified atom stereocenters. The second-order valence-electron chi connectivity index (χ2n) is 14.0. The largest absolute Gasteiger partial charge is 0.508 e. The van der Waals surface area contributed by atoms with Gasteiger partial charge in [-0.1, -0.05) is 29.8 Å². The van der Waals surface area contributed by atoms with Crippen LogP contribution in [0.25, 0.3) is 0 Å². The Balaban J connectivity index is 1.41. The van der Waals surface area contributed by atoms with Gasteiger partial charge < -0.3 is 19.5 Å². The Morgan fingerprint density at radius 3 is 1.94 bits per heavy atom. The summed E-state index contributed by atoms with van der Waals surface area (Å²) in [4.78, 5) is 83.8. The van der Waals surface area contributed by atoms with Crippen LogP contribution in [-0.4, -0.2) is 66.9 Å². The van der Waals surface area contributed by atoms with Crippen molar-refractivity contribution in [3.8, 4) is 17.2 Å². The van der Waals surface area contributed by atoms with Crippen molar-refractivity contribution in [1.29, 1.82) is 0 Å². The van der Waals surface area contributed by atoms with Gasteiger partial charge in [0.25, 0.3) is 0 Å². The monoisotopic (exact) mass is 725 g/mol. The zero-order valence-electron chi connectivity index (χ0n) is 29.3. The average molecular weight is 726 g/mol. The molecule has 1 N–H and O–H groups in total. The molecule has 0 aromatic heterocycles. The molecule has 2 aliphatic carbocycles. The van der Waals surface area contributed by atoms with Crippen LogP contribution in [-0.2, 0) is 19.2 Å². The maximum absolute atomic E-state index is 14.7. The van der Waals surface area contributed by atoms with Crippen LogP contribution in [0.1, 0.15) is 31.2 Å². The first-order valence-corrected chi connectivity index (χ1v) is 16.8. The molecule has 53 heavy (non-hydrogen) atoms. The predicted molar refractivity (Wildman–Crippen MR) is 189 cm³/mol. The lowest BCUT2D eigenvalue weighted by atomic mass is 9.51. The molecule has 3 aromatic carbocycles. The lowest BCUT2D eigenvalue weighted by molar-refractivity contribution is -0.392. The first-order chi connectivity index (χ1) is 25.2. The topological polar surface area (TPSA) is 203 Å². The number of hydrogen-bond acceptors (Lipinski definition) is 12. The van der Waals surface area contributed by atoms with Gasteiger partial charge in [-0.3, -0.25) is 39.4 Å². The van der Waals surface area contributed by atoms with Gasteiger partial charge in [0.1, 0.15) is 17.2 Å². The molecule has 7 rings (SSSR count). The van der Waals surface area contributed by atoms with Crippen molar-refractivity contribution in [2.24, 2.45) is 29.1 Å². The summed E-state index contributed by atoms with van der Waals surface area (Å²) in [6.07, 6.45) is 1.83. The number of aromatic hydroxyl groups is 1. The number of benzene rings is 3. The predicted octanol–water partition coefficient (Wildman–Crippen LogP) is 4.73. The van der Waals surface area contributed by atoms with Crippen molar-refractivity contribution in [2.75, 3.05) is 43.0 Å². The van der Waals surface area contributed by atoms with Gasteiger partial charge in [-0.15, -0.1) is 0 Å². The van der Waals surface area contributed by atoms with E-state index in [9.17, 15) is 44.5 Å². The summed E-state index contributed by atoms with van der Waals surface area (Å²) in [5.74, 6) is -7.02. The molecule has 3 fully saturated rings. The van der Waals surface area contributed by atoms with Crippen molar-refractivity contribution < 1.29 is 43.6 Å². The zero-order valence-corrected chi connectivity index (χ0v) is 29.3. The minimum absolute atomic E-state index is 0.00332. The van der Waals surface area contributed by atoms with E-state index in [1.165, 1.54) is 45.3 Å². The van der Waals surface area contributed by atoms with Gasteiger partial charge in [0, 0.05) is 49.8 Å². The lowest BCUT2D eigenvalue weighted by Gasteiger charge is -2.49. The van der Waals surface area contributed by atoms with Crippen molar-refractivity contribution >= 4 is 52.1 Å². The number of hydrogen-bond donors (Lipinski definition) is 1. The minimum Gasteiger partial charge on any atom is -0.508 e. The number of nitrogens with zero attached hydrogens (tertiary/aromatic N) is 5. The molecule has 0 bridgehead atoms. The Morgan fingerprint density at radius 2 is 1.42 bits per heavy atom. The van der Waals surface area contributed by atoms with E-state index in [1.54, 1.807) is 43.3 Å². The third kappa shape index (κ3) is 4.95. The number of imide groups is 2. The minimum atomic E-state index is -1.45. The number of rotatable bonds is 8. The van der Waals surface area contributed by atoms with Gasteiger partial charge in [0.15, 0.2) is 5.69 Å². The van der Waals surface area contributed by atoms with Crippen LogP contribution in [0.4, 0.5) is 28.4 Å². The van der Waals surface area contributed by atoms with Gasteiger partial charge >= 0.3 is 11.4 Å². The highest BCUT2D eigenvalue weighted by Gasteiger charge is 2.68. The Bertz CT molecular complexity index is 2110. The maximum Gasteiger partial charge on any atom is 0.301 e. The SMILES string of the molecule is COc1cc(O)cc(OC)c1[C@H]1C2=CC[C@@H]3C(=O)N(c4cc([N+](=O)[O-])c(N(C)C)c([N+](=O)[O-])c4)C(=O)[C@@H]3[C@@H]2C[C@H]2C(=O)N(c3ccccc3)C(=O)[C@@]12C. The van der Waals surface area contributed by atoms with E-state index in [0.29, 0.717) is 16.8 Å². The van der Waals surface area contributed by atoms with E-state index in [1.807, 2.05) is 0 Å². The van der Waals surface area contributed by atoms with Crippen molar-refractivity contribution in [3.05, 3.63) is 92.0 Å². The average Bonchev–Trinajstić information content (AvgIpc) is 3.50. The van der Waals surface area contributed by atoms with Crippen LogP contribution in [0.2, 0.25) is 0 Å². The second-order valence-corrected chi connectivity index (χ2v) is 14.0. The van der Waals surface area contributed by atoms with E-state index in [0.717, 1.165) is 21.9 Å². The molecule has 274 valence electrons. The van der Waals surface area contributed by atoms with Crippen molar-refractivity contribution in [2.45, 2.75) is 25.7 Å². The van der Waals surface area contributed by atoms with Gasteiger partial charge in [0.05, 0.1) is 58.6 Å². The Hall–Kier alpha value is -6.32. The van der Waals surface area contributed by atoms with Crippen molar-refractivity contribution in [1.82, 2.24) is 0 Å². The highest BCUT2D eigenvalue weighted by atomic mass is 16.6. The van der Waals surface area contributed by atoms with Crippen LogP contribution in [0.3, 0.4) is 0 Å². The fraction of sp³-hybridized carbons (Fsp3) is 0.351. The first-order valence-electron chi connectivity index (χ1n) is 16.8. The molecule has 2 saturated heterocycles. The van der Waals surface area contributed by atoms with E-state index in [4.69, 9.17) is 9.47 Å². The fourth-order valence-corrected chi connectivity index (χ4v) is 9.07. The molecule has 1 saturated carbocycles. The number of nitro groups is 2. The molecule has 4 aliphatic rings. The number of carbonyl (C=O) groups excluding carboxylic acids is 4. The number of methoxy groups -OCH3 is 2. The Kier molecular flexibility index (Phi) is 8.23. The first kappa shape index (κ1) is 35.1. The summed E-state index contributed by atoms with van der Waals surface area (Å²) in [7, 11) is 5.58. The number of ether oxygens (including phenoxy) is 2. The highest BCUT2D eigenvalue weighted by Crippen LogP contribution is 2.66. The fourth-order valence-electron chi connectivity index (χ4n) is 9.07. The molecule has 0 radical (unpaired) electrons. The molecule has 2 heterocycles. The molecule has 3 aromatic rings. The van der Waals surface area contributed by atoms with Crippen LogP contribution in [0.5, 0.6) is 17.2 Å². The Labute approximate surface area is 302 Å². The summed E-state index contributed by atoms with van der Waals surface area (Å²) >= 11 is 0. The van der Waals surface area contributed by atoms with Gasteiger partial charge in [-0.25, -0.2) is 9.80 Å². The summed E-state index contributed by atoms with van der Waals surface area (Å²) < 4.78 is 11.5. The number of allylic oxidation sites excluding steroid dienone is 2. The number of phenols is 1. The summed E-state index contributed by atoms with van der Waals surface area (Å²) in [6, 6.07) is 13.1. The van der Waals surface area contributed by atoms with E-state index >= 15 is 0 Å². The van der Waals surface area contributed by atoms with Gasteiger partial charge in [-0.05, 0) is 37.8 Å². The third-order valence-electron chi connectivity index (χ3n) is 11.3. The number of nitro benzene ring substituents is 2. The number of carbonyl (C=O) groups is 4. The third-order valence-corrected chi connectivity index (χ3v) is 11.3. The van der Waals surface area contributed by atoms with Crippen molar-refractivity contribution in [3.63, 3.8) is 0 Å². The van der Waals surface area contributed by atoms with Gasteiger partial charge in [-0.2, -0.15) is 0 Å². The molecule has 16 heteroatoms. The van der Waals surface area contributed by atoms with E-state index in [2.05, 4.69) is 0 Å². The molecular weight excluding hydrogens is 690 g/mol. The standard InChI is InChI=1S/C37H35N5O11/c1-37-24(34(45)40(36(37)47)18-9-7-6-8-10-18)17-23-21(31(37)30-27(52-4)15-20(43)16-28(30)53-5)11-12-22-29(23)35(46)39(33(22)44)19-13-25(41(48)49)32(38(2)3)26(14-19)42(50)51/h6-11,13-16,22-24,29,31,43H,12,17H2,1-5H3/t22-,23+,24-,29-,31+,37+/m0/s1. The number of anilines is 3. The number of fused-ring (bicyclic) bond motifs is 4. The maximum atomic E-state index is 14.7. The normalized spacial score (nSPS) is 26.1. The zero-order chi connectivity index (χ0) is 38.3. The molecule has 0 spiro atoms. The number of amides is 4. The van der Waals surface area contributed by atoms with Crippen LogP contribution in [0.15, 0.2) is 66.2 Å². The molecule has 16 nitrogen and oxygen atoms in total. The molecule has 2 aliphatic heterocycles. The lowest BCUT2D eigenvalue weighted by Crippen LogP contribution is -2.49.